The van der Waals surface area contributed by atoms with E-state index < -0.39 is 0 Å². The number of hydrogen-bond acceptors (Lipinski definition) is 1. The maximum atomic E-state index is 3.78. The lowest BCUT2D eigenvalue weighted by atomic mass is 9.56. The second-order valence-corrected chi connectivity index (χ2v) is 5.72. The van der Waals surface area contributed by atoms with Crippen molar-refractivity contribution in [2.24, 2.45) is 11.3 Å². The van der Waals surface area contributed by atoms with E-state index in [1.54, 1.807) is 0 Å². The molecule has 1 saturated heterocycles. The van der Waals surface area contributed by atoms with Crippen LogP contribution in [-0.4, -0.2) is 12.6 Å². The van der Waals surface area contributed by atoms with Crippen molar-refractivity contribution < 1.29 is 0 Å². The molecule has 0 radical (unpaired) electrons. The predicted molar refractivity (Wildman–Crippen MR) is 59.3 cm³/mol. The van der Waals surface area contributed by atoms with Crippen molar-refractivity contribution in [1.29, 1.82) is 0 Å². The van der Waals surface area contributed by atoms with E-state index in [1.807, 2.05) is 0 Å². The van der Waals surface area contributed by atoms with E-state index in [1.165, 1.54) is 64.3 Å². The molecule has 0 bridgehead atoms. The average molecular weight is 193 g/mol. The highest BCUT2D eigenvalue weighted by molar-refractivity contribution is 5.04. The van der Waals surface area contributed by atoms with Crippen LogP contribution >= 0.6 is 0 Å². The molecule has 0 aromatic heterocycles. The van der Waals surface area contributed by atoms with Crippen molar-refractivity contribution in [2.45, 2.75) is 63.8 Å². The molecule has 2 saturated carbocycles. The molecule has 1 aliphatic heterocycles. The van der Waals surface area contributed by atoms with E-state index in [9.17, 15) is 0 Å². The summed E-state index contributed by atoms with van der Waals surface area (Å²) in [6, 6.07) is 0.902. The highest BCUT2D eigenvalue weighted by Crippen LogP contribution is 2.56. The van der Waals surface area contributed by atoms with Crippen molar-refractivity contribution in [2.75, 3.05) is 6.54 Å². The largest absolute Gasteiger partial charge is 0.313 e. The molecule has 1 atom stereocenters. The Morgan fingerprint density at radius 2 is 1.64 bits per heavy atom. The Bertz CT molecular complexity index is 177. The van der Waals surface area contributed by atoms with E-state index in [4.69, 9.17) is 0 Å². The smallest absolute Gasteiger partial charge is 0.0127 e. The fraction of sp³-hybridized carbons (Fsp3) is 1.00. The van der Waals surface area contributed by atoms with Gasteiger partial charge in [-0.3, -0.25) is 0 Å². The van der Waals surface area contributed by atoms with Gasteiger partial charge in [-0.25, -0.2) is 0 Å². The van der Waals surface area contributed by atoms with Crippen LogP contribution in [0.25, 0.3) is 0 Å². The quantitative estimate of drug-likeness (QED) is 0.710. The molecule has 1 N–H and O–H groups in total. The lowest BCUT2D eigenvalue weighted by Crippen LogP contribution is -2.50. The normalized spacial score (nSPS) is 37.3. The Morgan fingerprint density at radius 3 is 2.14 bits per heavy atom. The standard InChI is InChI=1S/C13H23N/c1-2-6-11(5-1)13(8-4-9-13)12-7-3-10-14-12/h11-12,14H,1-10H2. The van der Waals surface area contributed by atoms with Crippen LogP contribution in [0.2, 0.25) is 0 Å². The van der Waals surface area contributed by atoms with Crippen LogP contribution in [0, 0.1) is 11.3 Å². The summed E-state index contributed by atoms with van der Waals surface area (Å²) in [6.07, 6.45) is 13.6. The zero-order valence-electron chi connectivity index (χ0n) is 9.23. The second kappa shape index (κ2) is 3.52. The molecule has 0 aromatic rings. The first-order chi connectivity index (χ1) is 6.92. The summed E-state index contributed by atoms with van der Waals surface area (Å²) in [5.41, 5.74) is 0.771. The monoisotopic (exact) mass is 193 g/mol. The van der Waals surface area contributed by atoms with Crippen LogP contribution in [0.4, 0.5) is 0 Å². The molecule has 1 unspecified atom stereocenters. The minimum absolute atomic E-state index is 0.771. The molecule has 3 rings (SSSR count). The van der Waals surface area contributed by atoms with Crippen LogP contribution in [-0.2, 0) is 0 Å². The van der Waals surface area contributed by atoms with Gasteiger partial charge in [0.15, 0.2) is 0 Å². The molecule has 1 heteroatoms. The van der Waals surface area contributed by atoms with Gasteiger partial charge in [0.25, 0.3) is 0 Å². The van der Waals surface area contributed by atoms with E-state index in [2.05, 4.69) is 5.32 Å². The minimum atomic E-state index is 0.771. The highest BCUT2D eigenvalue weighted by Gasteiger charge is 2.50. The Labute approximate surface area is 87.7 Å². The third-order valence-electron chi connectivity index (χ3n) is 5.21. The van der Waals surface area contributed by atoms with Gasteiger partial charge in [0.1, 0.15) is 0 Å². The molecular weight excluding hydrogens is 170 g/mol. The Hall–Kier alpha value is -0.0400. The van der Waals surface area contributed by atoms with Gasteiger partial charge in [-0.2, -0.15) is 0 Å². The van der Waals surface area contributed by atoms with Gasteiger partial charge >= 0.3 is 0 Å². The fourth-order valence-corrected chi connectivity index (χ4v) is 4.30. The van der Waals surface area contributed by atoms with Gasteiger partial charge in [-0.1, -0.05) is 19.3 Å². The minimum Gasteiger partial charge on any atom is -0.313 e. The summed E-state index contributed by atoms with van der Waals surface area (Å²) >= 11 is 0. The first-order valence-corrected chi connectivity index (χ1v) is 6.65. The van der Waals surface area contributed by atoms with Crippen LogP contribution in [0.1, 0.15) is 57.8 Å². The zero-order valence-corrected chi connectivity index (χ0v) is 9.23. The van der Waals surface area contributed by atoms with Gasteiger partial charge < -0.3 is 5.32 Å². The first-order valence-electron chi connectivity index (χ1n) is 6.65. The van der Waals surface area contributed by atoms with Crippen molar-refractivity contribution in [3.8, 4) is 0 Å². The molecular formula is C13H23N. The molecule has 1 heterocycles. The SMILES string of the molecule is C1CCC(C2(C3CCCN3)CCC2)C1. The Kier molecular flexibility index (Phi) is 2.31. The van der Waals surface area contributed by atoms with E-state index in [0.29, 0.717) is 0 Å². The molecule has 0 amide bonds. The first kappa shape index (κ1) is 9.21. The van der Waals surface area contributed by atoms with E-state index >= 15 is 0 Å². The molecule has 1 nitrogen and oxygen atoms in total. The molecule has 14 heavy (non-hydrogen) atoms. The maximum Gasteiger partial charge on any atom is 0.0127 e. The van der Waals surface area contributed by atoms with Crippen LogP contribution in [0.5, 0.6) is 0 Å². The van der Waals surface area contributed by atoms with Crippen LogP contribution in [0.3, 0.4) is 0 Å². The molecule has 3 fully saturated rings. The summed E-state index contributed by atoms with van der Waals surface area (Å²) < 4.78 is 0. The lowest BCUT2D eigenvalue weighted by Gasteiger charge is -2.51. The maximum absolute atomic E-state index is 3.78. The van der Waals surface area contributed by atoms with E-state index in [0.717, 1.165) is 17.4 Å². The van der Waals surface area contributed by atoms with Crippen LogP contribution < -0.4 is 5.32 Å². The van der Waals surface area contributed by atoms with Gasteiger partial charge in [0.05, 0.1) is 0 Å². The average Bonchev–Trinajstić information content (AvgIpc) is 2.71. The van der Waals surface area contributed by atoms with Crippen molar-refractivity contribution in [3.05, 3.63) is 0 Å². The third-order valence-corrected chi connectivity index (χ3v) is 5.21. The molecule has 3 aliphatic rings. The summed E-state index contributed by atoms with van der Waals surface area (Å²) in [5, 5.41) is 3.78. The molecule has 0 aromatic carbocycles. The van der Waals surface area contributed by atoms with Crippen molar-refractivity contribution >= 4 is 0 Å². The number of hydrogen-bond donors (Lipinski definition) is 1. The van der Waals surface area contributed by atoms with Crippen LogP contribution in [0.15, 0.2) is 0 Å². The summed E-state index contributed by atoms with van der Waals surface area (Å²) in [6.45, 7) is 1.29. The highest BCUT2D eigenvalue weighted by atomic mass is 15.0. The van der Waals surface area contributed by atoms with Crippen molar-refractivity contribution in [1.82, 2.24) is 5.32 Å². The number of nitrogens with one attached hydrogen (secondary N) is 1. The second-order valence-electron chi connectivity index (χ2n) is 5.72. The third kappa shape index (κ3) is 1.25. The summed E-state index contributed by atoms with van der Waals surface area (Å²) in [5.74, 6) is 1.09. The van der Waals surface area contributed by atoms with Crippen molar-refractivity contribution in [3.63, 3.8) is 0 Å². The molecule has 0 spiro atoms. The fourth-order valence-electron chi connectivity index (χ4n) is 4.30. The Balaban J connectivity index is 1.75. The topological polar surface area (TPSA) is 12.0 Å². The summed E-state index contributed by atoms with van der Waals surface area (Å²) in [4.78, 5) is 0. The Morgan fingerprint density at radius 1 is 0.857 bits per heavy atom. The van der Waals surface area contributed by atoms with Gasteiger partial charge in [-0.15, -0.1) is 0 Å². The zero-order chi connectivity index (χ0) is 9.43. The van der Waals surface area contributed by atoms with Gasteiger partial charge in [0.2, 0.25) is 0 Å². The lowest BCUT2D eigenvalue weighted by molar-refractivity contribution is 0.0135. The van der Waals surface area contributed by atoms with Gasteiger partial charge in [0, 0.05) is 6.04 Å². The van der Waals surface area contributed by atoms with E-state index in [-0.39, 0.29) is 0 Å². The molecule has 2 aliphatic carbocycles. The summed E-state index contributed by atoms with van der Waals surface area (Å²) in [7, 11) is 0. The molecule has 80 valence electrons. The number of rotatable bonds is 2. The predicted octanol–water partition coefficient (Wildman–Crippen LogP) is 3.10. The van der Waals surface area contributed by atoms with Gasteiger partial charge in [-0.05, 0) is 56.4 Å².